The number of likely N-dealkylation sites (tertiary alicyclic amines) is 1. The molecule has 2 rings (SSSR count). The predicted molar refractivity (Wildman–Crippen MR) is 70.7 cm³/mol. The molecule has 1 heterocycles. The zero-order valence-corrected chi connectivity index (χ0v) is 10.8. The molecule has 1 fully saturated rings. The summed E-state index contributed by atoms with van der Waals surface area (Å²) in [4.78, 5) is 26.1. The van der Waals surface area contributed by atoms with E-state index in [-0.39, 0.29) is 19.0 Å². The highest BCUT2D eigenvalue weighted by molar-refractivity contribution is 5.82. The minimum absolute atomic E-state index is 0.0653. The third-order valence-corrected chi connectivity index (χ3v) is 3.27. The fourth-order valence-electron chi connectivity index (χ4n) is 2.22. The number of carbonyl (C=O) groups excluding carboxylic acids is 1. The Labute approximate surface area is 112 Å². The van der Waals surface area contributed by atoms with Crippen molar-refractivity contribution in [2.45, 2.75) is 19.4 Å². The smallest absolute Gasteiger partial charge is 0.408 e. The van der Waals surface area contributed by atoms with Crippen LogP contribution in [-0.2, 0) is 11.3 Å². The molecule has 1 aliphatic rings. The first kappa shape index (κ1) is 13.4. The van der Waals surface area contributed by atoms with E-state index in [4.69, 9.17) is 0 Å². The molecule has 0 atom stereocenters. The number of nitrogens with zero attached hydrogens (tertiary/aromatic N) is 2. The first-order valence-electron chi connectivity index (χ1n) is 6.46. The van der Waals surface area contributed by atoms with E-state index in [1.165, 1.54) is 0 Å². The lowest BCUT2D eigenvalue weighted by Crippen LogP contribution is -2.40. The van der Waals surface area contributed by atoms with Crippen molar-refractivity contribution in [1.82, 2.24) is 9.80 Å². The summed E-state index contributed by atoms with van der Waals surface area (Å²) >= 11 is 0. The lowest BCUT2D eigenvalue weighted by Gasteiger charge is -2.22. The quantitative estimate of drug-likeness (QED) is 0.899. The van der Waals surface area contributed by atoms with Crippen molar-refractivity contribution < 1.29 is 14.7 Å². The standard InChI is InChI=1S/C14H18N2O3/c17-13(15-8-4-5-9-15)11-16(14(18)19)10-12-6-2-1-3-7-12/h1-3,6-7H,4-5,8-11H2,(H,18,19). The van der Waals surface area contributed by atoms with Crippen LogP contribution in [0.5, 0.6) is 0 Å². The Bertz CT molecular complexity index is 441. The Morgan fingerprint density at radius 3 is 2.37 bits per heavy atom. The largest absolute Gasteiger partial charge is 0.465 e. The number of amides is 2. The van der Waals surface area contributed by atoms with Gasteiger partial charge in [-0.3, -0.25) is 9.69 Å². The van der Waals surface area contributed by atoms with Gasteiger partial charge in [-0.1, -0.05) is 30.3 Å². The third kappa shape index (κ3) is 3.71. The number of benzene rings is 1. The molecule has 0 bridgehead atoms. The van der Waals surface area contributed by atoms with E-state index in [2.05, 4.69) is 0 Å². The number of hydrogen-bond donors (Lipinski definition) is 1. The van der Waals surface area contributed by atoms with Gasteiger partial charge in [0.1, 0.15) is 6.54 Å². The Morgan fingerprint density at radius 2 is 1.79 bits per heavy atom. The lowest BCUT2D eigenvalue weighted by atomic mass is 10.2. The zero-order chi connectivity index (χ0) is 13.7. The summed E-state index contributed by atoms with van der Waals surface area (Å²) in [7, 11) is 0. The molecule has 0 aromatic heterocycles. The van der Waals surface area contributed by atoms with Crippen molar-refractivity contribution in [2.75, 3.05) is 19.6 Å². The number of hydrogen-bond acceptors (Lipinski definition) is 2. The molecule has 102 valence electrons. The Kier molecular flexibility index (Phi) is 4.39. The fraction of sp³-hybridized carbons (Fsp3) is 0.429. The van der Waals surface area contributed by atoms with Crippen LogP contribution in [0.2, 0.25) is 0 Å². The van der Waals surface area contributed by atoms with Crippen LogP contribution >= 0.6 is 0 Å². The van der Waals surface area contributed by atoms with Crippen LogP contribution in [-0.4, -0.2) is 46.5 Å². The van der Waals surface area contributed by atoms with Crippen LogP contribution < -0.4 is 0 Å². The molecular weight excluding hydrogens is 244 g/mol. The molecule has 0 unspecified atom stereocenters. The summed E-state index contributed by atoms with van der Waals surface area (Å²) in [5.74, 6) is -0.101. The van der Waals surface area contributed by atoms with E-state index in [0.29, 0.717) is 0 Å². The highest BCUT2D eigenvalue weighted by atomic mass is 16.4. The molecule has 1 saturated heterocycles. The van der Waals surface area contributed by atoms with Gasteiger partial charge in [-0.15, -0.1) is 0 Å². The normalized spacial score (nSPS) is 14.4. The van der Waals surface area contributed by atoms with Gasteiger partial charge < -0.3 is 10.0 Å². The Morgan fingerprint density at radius 1 is 1.16 bits per heavy atom. The maximum atomic E-state index is 12.0. The van der Waals surface area contributed by atoms with E-state index >= 15 is 0 Å². The molecule has 0 radical (unpaired) electrons. The van der Waals surface area contributed by atoms with Crippen molar-refractivity contribution in [3.63, 3.8) is 0 Å². The van der Waals surface area contributed by atoms with Crippen molar-refractivity contribution in [1.29, 1.82) is 0 Å². The summed E-state index contributed by atoms with van der Waals surface area (Å²) in [6.07, 6.45) is 0.964. The molecule has 1 aromatic carbocycles. The molecule has 19 heavy (non-hydrogen) atoms. The van der Waals surface area contributed by atoms with E-state index in [1.807, 2.05) is 30.3 Å². The van der Waals surface area contributed by atoms with Crippen molar-refractivity contribution in [3.05, 3.63) is 35.9 Å². The molecule has 0 spiro atoms. The van der Waals surface area contributed by atoms with E-state index in [0.717, 1.165) is 36.4 Å². The molecule has 1 N–H and O–H groups in total. The molecule has 1 aliphatic heterocycles. The summed E-state index contributed by atoms with van der Waals surface area (Å²) in [5.41, 5.74) is 0.888. The minimum Gasteiger partial charge on any atom is -0.465 e. The van der Waals surface area contributed by atoms with Gasteiger partial charge >= 0.3 is 6.09 Å². The minimum atomic E-state index is -1.06. The van der Waals surface area contributed by atoms with E-state index in [9.17, 15) is 14.7 Å². The summed E-state index contributed by atoms with van der Waals surface area (Å²) in [6, 6.07) is 9.31. The Balaban J connectivity index is 1.96. The molecule has 1 aromatic rings. The average molecular weight is 262 g/mol. The number of carboxylic acid groups (broad SMARTS) is 1. The Hall–Kier alpha value is -2.04. The maximum Gasteiger partial charge on any atom is 0.408 e. The molecule has 0 saturated carbocycles. The van der Waals surface area contributed by atoms with Crippen molar-refractivity contribution in [2.24, 2.45) is 0 Å². The third-order valence-electron chi connectivity index (χ3n) is 3.27. The van der Waals surface area contributed by atoms with Gasteiger partial charge in [0.15, 0.2) is 0 Å². The van der Waals surface area contributed by atoms with Gasteiger partial charge in [0.05, 0.1) is 0 Å². The van der Waals surface area contributed by atoms with Gasteiger partial charge in [-0.25, -0.2) is 4.79 Å². The topological polar surface area (TPSA) is 60.9 Å². The monoisotopic (exact) mass is 262 g/mol. The van der Waals surface area contributed by atoms with E-state index < -0.39 is 6.09 Å². The summed E-state index contributed by atoms with van der Waals surface area (Å²) in [5, 5.41) is 9.18. The van der Waals surface area contributed by atoms with Crippen LogP contribution in [0.15, 0.2) is 30.3 Å². The second-order valence-corrected chi connectivity index (χ2v) is 4.71. The molecule has 0 aliphatic carbocycles. The SMILES string of the molecule is O=C(O)N(CC(=O)N1CCCC1)Cc1ccccc1. The summed E-state index contributed by atoms with van der Waals surface area (Å²) < 4.78 is 0. The van der Waals surface area contributed by atoms with Crippen molar-refractivity contribution >= 4 is 12.0 Å². The first-order valence-corrected chi connectivity index (χ1v) is 6.46. The molecular formula is C14H18N2O3. The lowest BCUT2D eigenvalue weighted by molar-refractivity contribution is -0.131. The van der Waals surface area contributed by atoms with Gasteiger partial charge in [-0.2, -0.15) is 0 Å². The van der Waals surface area contributed by atoms with Crippen LogP contribution in [0.3, 0.4) is 0 Å². The van der Waals surface area contributed by atoms with Crippen LogP contribution in [0.25, 0.3) is 0 Å². The number of rotatable bonds is 4. The molecule has 2 amide bonds. The fourth-order valence-corrected chi connectivity index (χ4v) is 2.22. The van der Waals surface area contributed by atoms with Gasteiger partial charge in [0, 0.05) is 19.6 Å². The molecule has 5 heteroatoms. The second-order valence-electron chi connectivity index (χ2n) is 4.71. The maximum absolute atomic E-state index is 12.0. The van der Waals surface area contributed by atoms with Crippen LogP contribution in [0, 0.1) is 0 Å². The van der Waals surface area contributed by atoms with E-state index in [1.54, 1.807) is 4.90 Å². The predicted octanol–water partition coefficient (Wildman–Crippen LogP) is 1.79. The van der Waals surface area contributed by atoms with Crippen LogP contribution in [0.4, 0.5) is 4.79 Å². The zero-order valence-electron chi connectivity index (χ0n) is 10.8. The highest BCUT2D eigenvalue weighted by Gasteiger charge is 2.22. The first-order chi connectivity index (χ1) is 9.16. The average Bonchev–Trinajstić information content (AvgIpc) is 2.93. The van der Waals surface area contributed by atoms with Crippen LogP contribution in [0.1, 0.15) is 18.4 Å². The second kappa shape index (κ2) is 6.22. The van der Waals surface area contributed by atoms with Gasteiger partial charge in [0.2, 0.25) is 5.91 Å². The number of carbonyl (C=O) groups is 2. The molecule has 5 nitrogen and oxygen atoms in total. The van der Waals surface area contributed by atoms with Gasteiger partial charge in [0.25, 0.3) is 0 Å². The summed E-state index contributed by atoms with van der Waals surface area (Å²) in [6.45, 7) is 1.68. The van der Waals surface area contributed by atoms with Gasteiger partial charge in [-0.05, 0) is 18.4 Å². The highest BCUT2D eigenvalue weighted by Crippen LogP contribution is 2.10. The van der Waals surface area contributed by atoms with Crippen molar-refractivity contribution in [3.8, 4) is 0 Å².